The average Bonchev–Trinajstić information content (AvgIpc) is 1.86. The van der Waals surface area contributed by atoms with E-state index in [1.165, 1.54) is 5.75 Å². The third-order valence-electron chi connectivity index (χ3n) is 1.70. The van der Waals surface area contributed by atoms with Crippen LogP contribution in [0.5, 0.6) is 0 Å². The number of hydrogen-bond acceptors (Lipinski definition) is 2. The maximum absolute atomic E-state index is 11.5. The van der Waals surface area contributed by atoms with Gasteiger partial charge >= 0.3 is 0 Å². The summed E-state index contributed by atoms with van der Waals surface area (Å²) in [6.07, 6.45) is 1.13. The normalized spacial score (nSPS) is 33.8. The topological polar surface area (TPSA) is 23.1 Å². The van der Waals surface area contributed by atoms with E-state index in [0.717, 1.165) is 12.2 Å². The molecule has 1 aliphatic heterocycles. The van der Waals surface area contributed by atoms with E-state index < -0.39 is 11.2 Å². The van der Waals surface area contributed by atoms with Gasteiger partial charge in [-0.25, -0.2) is 0 Å². The highest BCUT2D eigenvalue weighted by Gasteiger charge is 2.37. The van der Waals surface area contributed by atoms with Crippen molar-refractivity contribution in [3.63, 3.8) is 0 Å². The second kappa shape index (κ2) is 3.58. The lowest BCUT2D eigenvalue weighted by atomic mass is 10.0. The molecule has 2 unspecified atom stereocenters. The Morgan fingerprint density at radius 2 is 2.09 bits per heavy atom. The van der Waals surface area contributed by atoms with Crippen molar-refractivity contribution in [3.8, 4) is 0 Å². The van der Waals surface area contributed by atoms with Crippen molar-refractivity contribution in [1.82, 2.24) is 0 Å². The fourth-order valence-electron chi connectivity index (χ4n) is 1.22. The molecule has 3 heteroatoms. The predicted octanol–water partition coefficient (Wildman–Crippen LogP) is 2.24. The van der Waals surface area contributed by atoms with Crippen LogP contribution in [0.4, 0.5) is 0 Å². The van der Waals surface area contributed by atoms with Gasteiger partial charge in [-0.05, 0) is 11.2 Å². The third-order valence-corrected chi connectivity index (χ3v) is 6.17. The third kappa shape index (κ3) is 2.56. The quantitative estimate of drug-likeness (QED) is 0.549. The van der Waals surface area contributed by atoms with Crippen molar-refractivity contribution in [2.45, 2.75) is 31.8 Å². The van der Waals surface area contributed by atoms with Gasteiger partial charge in [0, 0.05) is 17.6 Å². The molecule has 0 aromatic rings. The smallest absolute Gasteiger partial charge is 0.165 e. The average molecular weight is 192 g/mol. The summed E-state index contributed by atoms with van der Waals surface area (Å²) in [5, 5.41) is 0. The summed E-state index contributed by atoms with van der Waals surface area (Å²) >= 11 is 1.29. The predicted molar refractivity (Wildman–Crippen MR) is 53.3 cm³/mol. The summed E-state index contributed by atoms with van der Waals surface area (Å²) in [4.78, 5) is 0. The van der Waals surface area contributed by atoms with Crippen LogP contribution in [0.25, 0.3) is 0 Å². The van der Waals surface area contributed by atoms with Crippen LogP contribution in [-0.2, 0) is 11.2 Å². The summed E-state index contributed by atoms with van der Waals surface area (Å²) in [5.74, 6) is 2.10. The lowest BCUT2D eigenvalue weighted by Crippen LogP contribution is -2.36. The molecule has 0 radical (unpaired) electrons. The first-order valence-corrected chi connectivity index (χ1v) is 6.43. The second-order valence-corrected chi connectivity index (χ2v) is 7.16. The molecule has 1 nitrogen and oxygen atoms in total. The molecular formula is C8H16OS2. The fourth-order valence-corrected chi connectivity index (χ4v) is 5.04. The minimum absolute atomic E-state index is 0.204. The van der Waals surface area contributed by atoms with E-state index in [1.54, 1.807) is 0 Å². The lowest BCUT2D eigenvalue weighted by Gasteiger charge is -2.34. The highest BCUT2D eigenvalue weighted by Crippen LogP contribution is 2.38. The largest absolute Gasteiger partial charge is 0.615 e. The molecule has 0 aromatic carbocycles. The lowest BCUT2D eigenvalue weighted by molar-refractivity contribution is 0.438. The van der Waals surface area contributed by atoms with Crippen LogP contribution in [0, 0.1) is 5.41 Å². The Hall–Kier alpha value is 0.660. The second-order valence-electron chi connectivity index (χ2n) is 4.01. The first-order chi connectivity index (χ1) is 5.02. The molecule has 66 valence electrons. The van der Waals surface area contributed by atoms with Gasteiger partial charge in [0.05, 0.1) is 0 Å². The van der Waals surface area contributed by atoms with Gasteiger partial charge in [0.25, 0.3) is 0 Å². The molecule has 11 heavy (non-hydrogen) atoms. The van der Waals surface area contributed by atoms with E-state index in [4.69, 9.17) is 0 Å². The number of hydrogen-bond donors (Lipinski definition) is 0. The van der Waals surface area contributed by atoms with Crippen LogP contribution in [0.15, 0.2) is 0 Å². The van der Waals surface area contributed by atoms with Crippen LogP contribution >= 0.6 is 11.8 Å². The first-order valence-electron chi connectivity index (χ1n) is 4.00. The molecule has 1 saturated heterocycles. The molecule has 1 fully saturated rings. The Balaban J connectivity index is 2.55. The molecule has 0 aliphatic carbocycles. The SMILES string of the molecule is CC(C)(C)C1SCCC[S+]1[O-]. The van der Waals surface area contributed by atoms with E-state index in [0.29, 0.717) is 4.58 Å². The summed E-state index contributed by atoms with van der Waals surface area (Å²) in [6.45, 7) is 6.52. The monoisotopic (exact) mass is 192 g/mol. The van der Waals surface area contributed by atoms with E-state index in [1.807, 2.05) is 11.8 Å². The van der Waals surface area contributed by atoms with Crippen molar-refractivity contribution in [1.29, 1.82) is 0 Å². The summed E-state index contributed by atoms with van der Waals surface area (Å²) in [7, 11) is 0. The maximum Gasteiger partial charge on any atom is 0.165 e. The standard InChI is InChI=1S/C8H16OS2/c1-8(2,3)7-10-5-4-6-11(7)9/h7H,4-6H2,1-3H3. The van der Waals surface area contributed by atoms with Crippen LogP contribution < -0.4 is 0 Å². The van der Waals surface area contributed by atoms with Crippen molar-refractivity contribution in [2.24, 2.45) is 5.41 Å². The van der Waals surface area contributed by atoms with Gasteiger partial charge in [-0.1, -0.05) is 20.8 Å². The highest BCUT2D eigenvalue weighted by molar-refractivity contribution is 8.14. The van der Waals surface area contributed by atoms with Crippen molar-refractivity contribution in [3.05, 3.63) is 0 Å². The molecule has 0 N–H and O–H groups in total. The van der Waals surface area contributed by atoms with Gasteiger partial charge in [-0.2, -0.15) is 0 Å². The molecule has 0 amide bonds. The molecule has 1 aliphatic rings. The minimum atomic E-state index is -0.584. The van der Waals surface area contributed by atoms with Gasteiger partial charge < -0.3 is 4.55 Å². The van der Waals surface area contributed by atoms with Gasteiger partial charge in [-0.15, -0.1) is 11.8 Å². The summed E-state index contributed by atoms with van der Waals surface area (Å²) < 4.78 is 11.9. The van der Waals surface area contributed by atoms with E-state index >= 15 is 0 Å². The Bertz CT molecular complexity index is 131. The number of rotatable bonds is 0. The molecule has 0 bridgehead atoms. The van der Waals surface area contributed by atoms with Crippen molar-refractivity contribution >= 4 is 22.9 Å². The zero-order chi connectivity index (χ0) is 8.48. The van der Waals surface area contributed by atoms with Crippen LogP contribution in [-0.4, -0.2) is 20.6 Å². The van der Waals surface area contributed by atoms with E-state index in [9.17, 15) is 4.55 Å². The van der Waals surface area contributed by atoms with Crippen LogP contribution in [0.2, 0.25) is 0 Å². The molecule has 1 heterocycles. The van der Waals surface area contributed by atoms with Crippen molar-refractivity contribution in [2.75, 3.05) is 11.5 Å². The Morgan fingerprint density at radius 3 is 2.45 bits per heavy atom. The van der Waals surface area contributed by atoms with Crippen LogP contribution in [0.1, 0.15) is 27.2 Å². The maximum atomic E-state index is 11.5. The van der Waals surface area contributed by atoms with Crippen molar-refractivity contribution < 1.29 is 4.55 Å². The van der Waals surface area contributed by atoms with Gasteiger partial charge in [-0.3, -0.25) is 0 Å². The minimum Gasteiger partial charge on any atom is -0.615 e. The number of thioether (sulfide) groups is 1. The zero-order valence-corrected chi connectivity index (χ0v) is 9.06. The first kappa shape index (κ1) is 9.75. The highest BCUT2D eigenvalue weighted by atomic mass is 32.3. The Morgan fingerprint density at radius 1 is 1.45 bits per heavy atom. The molecule has 0 saturated carbocycles. The Labute approximate surface area is 76.5 Å². The van der Waals surface area contributed by atoms with Crippen LogP contribution in [0.3, 0.4) is 0 Å². The van der Waals surface area contributed by atoms with E-state index in [-0.39, 0.29) is 5.41 Å². The van der Waals surface area contributed by atoms with Gasteiger partial charge in [0.1, 0.15) is 5.75 Å². The summed E-state index contributed by atoms with van der Waals surface area (Å²) in [6, 6.07) is 0. The molecule has 0 aromatic heterocycles. The van der Waals surface area contributed by atoms with Gasteiger partial charge in [0.2, 0.25) is 0 Å². The summed E-state index contributed by atoms with van der Waals surface area (Å²) in [5.41, 5.74) is 0.204. The van der Waals surface area contributed by atoms with Gasteiger partial charge in [0.15, 0.2) is 4.58 Å². The molecule has 0 spiro atoms. The molecular weight excluding hydrogens is 176 g/mol. The Kier molecular flexibility index (Phi) is 3.18. The zero-order valence-electron chi connectivity index (χ0n) is 7.42. The fraction of sp³-hybridized carbons (Fsp3) is 1.00. The molecule has 1 rings (SSSR count). The molecule has 2 atom stereocenters. The van der Waals surface area contributed by atoms with E-state index in [2.05, 4.69) is 20.8 Å².